The maximum Gasteiger partial charge on any atom is 0.264 e. The molecule has 2 fully saturated rings. The van der Waals surface area contributed by atoms with Crippen LogP contribution in [0.5, 0.6) is 5.75 Å². The highest BCUT2D eigenvalue weighted by Gasteiger charge is 2.66. The number of amides is 2. The number of hydrogen-bond donors (Lipinski definition) is 6. The molecule has 0 unspecified atom stereocenters. The van der Waals surface area contributed by atoms with Gasteiger partial charge in [-0.15, -0.1) is 0 Å². The summed E-state index contributed by atoms with van der Waals surface area (Å²) < 4.78 is 32.7. The van der Waals surface area contributed by atoms with Crippen LogP contribution in [0.3, 0.4) is 0 Å². The number of aliphatic hydroxyl groups excluding tert-OH is 5. The van der Waals surface area contributed by atoms with Crippen molar-refractivity contribution in [2.75, 3.05) is 23.9 Å². The molecule has 0 bridgehead atoms. The Morgan fingerprint density at radius 3 is 2.39 bits per heavy atom. The van der Waals surface area contributed by atoms with Crippen molar-refractivity contribution in [3.8, 4) is 5.75 Å². The Morgan fingerprint density at radius 1 is 1.09 bits per heavy atom. The van der Waals surface area contributed by atoms with E-state index in [2.05, 4.69) is 5.32 Å². The Bertz CT molecular complexity index is 1390. The van der Waals surface area contributed by atoms with E-state index in [-0.39, 0.29) is 25.5 Å². The number of benzene rings is 2. The Balaban J connectivity index is 1.39. The molecule has 12 nitrogen and oxygen atoms in total. The fourth-order valence-corrected chi connectivity index (χ4v) is 9.42. The quantitative estimate of drug-likeness (QED) is 0.182. The van der Waals surface area contributed by atoms with Crippen LogP contribution in [0.1, 0.15) is 24.5 Å². The first-order valence-electron chi connectivity index (χ1n) is 14.5. The molecule has 2 saturated heterocycles. The number of methoxy groups -OCH3 is 1. The first-order valence-corrected chi connectivity index (χ1v) is 17.5. The molecule has 9 atom stereocenters. The van der Waals surface area contributed by atoms with Crippen molar-refractivity contribution in [2.24, 2.45) is 5.92 Å². The predicted octanol–water partition coefficient (Wildman–Crippen LogP) is 1.14. The maximum absolute atomic E-state index is 15.7. The smallest absolute Gasteiger partial charge is 0.264 e. The second-order valence-electron chi connectivity index (χ2n) is 12.2. The van der Waals surface area contributed by atoms with Crippen molar-refractivity contribution < 1.29 is 53.4 Å². The molecule has 2 amide bonds. The van der Waals surface area contributed by atoms with Crippen molar-refractivity contribution in [3.05, 3.63) is 53.6 Å². The van der Waals surface area contributed by atoms with E-state index in [4.69, 9.17) is 14.2 Å². The number of halogens is 1. The van der Waals surface area contributed by atoms with E-state index in [0.29, 0.717) is 28.3 Å². The molecule has 0 aromatic heterocycles. The standard InChI is InChI=1S/C30H39FN2O10Si/c1-15-26(44(3,4)31)21(11-12-34)43-30(15)19-13-18(41-2)9-10-20(19)33(29(30)40)14-16-5-7-17(8-6-16)32-27(38)25-23(36)22(35)24(37)28(39)42-25/h5-10,13,15,21-26,28,34-37,39H,11-12,14H2,1-4H3,(H,32,38)/t15-,21+,22+,23+,24-,25+,26-,28-,30+/m1/s1. The SMILES string of the molecule is COc1ccc2c(c1)[C@]1(O[C@@H](CCO)[C@H]([Si](C)(C)F)[C@H]1C)C(=O)N2Cc1ccc(NC(=O)[C@H]2O[C@@H](O)[C@H](O)[C@@H](O)[C@@H]2O)cc1. The second-order valence-corrected chi connectivity index (χ2v) is 16.0. The molecule has 240 valence electrons. The number of anilines is 2. The van der Waals surface area contributed by atoms with Gasteiger partial charge in [0.2, 0.25) is 8.41 Å². The van der Waals surface area contributed by atoms with E-state index in [1.165, 1.54) is 7.11 Å². The third kappa shape index (κ3) is 5.43. The van der Waals surface area contributed by atoms with Crippen LogP contribution >= 0.6 is 0 Å². The third-order valence-corrected chi connectivity index (χ3v) is 11.4. The lowest BCUT2D eigenvalue weighted by atomic mass is 9.82. The molecule has 5 rings (SSSR count). The average molecular weight is 635 g/mol. The largest absolute Gasteiger partial charge is 0.497 e. The highest BCUT2D eigenvalue weighted by atomic mass is 28.4. The number of carbonyl (C=O) groups is 2. The fourth-order valence-electron chi connectivity index (χ4n) is 6.87. The fraction of sp³-hybridized carbons (Fsp3) is 0.533. The van der Waals surface area contributed by atoms with Crippen molar-refractivity contribution in [2.45, 2.75) is 80.9 Å². The zero-order chi connectivity index (χ0) is 32.1. The zero-order valence-electron chi connectivity index (χ0n) is 24.9. The van der Waals surface area contributed by atoms with Crippen LogP contribution in [0.4, 0.5) is 15.5 Å². The average Bonchev–Trinajstić information content (AvgIpc) is 3.41. The molecule has 3 heterocycles. The minimum Gasteiger partial charge on any atom is -0.497 e. The van der Waals surface area contributed by atoms with Gasteiger partial charge in [0.25, 0.3) is 11.8 Å². The lowest BCUT2D eigenvalue weighted by Gasteiger charge is -2.37. The number of nitrogens with zero attached hydrogens (tertiary/aromatic N) is 1. The summed E-state index contributed by atoms with van der Waals surface area (Å²) in [6.07, 6.45) is -9.21. The minimum atomic E-state index is -3.34. The van der Waals surface area contributed by atoms with Crippen LogP contribution < -0.4 is 15.0 Å². The molecule has 1 spiro atoms. The van der Waals surface area contributed by atoms with E-state index in [1.807, 2.05) is 6.92 Å². The molecule has 14 heteroatoms. The molecule has 2 aromatic carbocycles. The van der Waals surface area contributed by atoms with Gasteiger partial charge in [0.15, 0.2) is 18.0 Å². The van der Waals surface area contributed by atoms with Gasteiger partial charge in [0.1, 0.15) is 24.1 Å². The summed E-state index contributed by atoms with van der Waals surface area (Å²) in [4.78, 5) is 28.6. The topological polar surface area (TPSA) is 178 Å². The summed E-state index contributed by atoms with van der Waals surface area (Å²) in [7, 11) is -1.82. The van der Waals surface area contributed by atoms with Crippen molar-refractivity contribution >= 4 is 31.6 Å². The number of fused-ring (bicyclic) bond motifs is 2. The van der Waals surface area contributed by atoms with Crippen LogP contribution in [0.25, 0.3) is 0 Å². The minimum absolute atomic E-state index is 0.136. The van der Waals surface area contributed by atoms with E-state index in [1.54, 1.807) is 60.5 Å². The molecule has 0 aliphatic carbocycles. The van der Waals surface area contributed by atoms with Crippen LogP contribution in [0.15, 0.2) is 42.5 Å². The molecule has 3 aliphatic rings. The molecule has 0 saturated carbocycles. The lowest BCUT2D eigenvalue weighted by molar-refractivity contribution is -0.274. The highest BCUT2D eigenvalue weighted by Crippen LogP contribution is 2.60. The van der Waals surface area contributed by atoms with Crippen LogP contribution in [-0.2, 0) is 31.2 Å². The number of hydrogen-bond acceptors (Lipinski definition) is 10. The van der Waals surface area contributed by atoms with Gasteiger partial charge in [-0.2, -0.15) is 0 Å². The third-order valence-electron chi connectivity index (χ3n) is 8.99. The predicted molar refractivity (Wildman–Crippen MR) is 158 cm³/mol. The lowest BCUT2D eigenvalue weighted by Crippen LogP contribution is -2.60. The van der Waals surface area contributed by atoms with Crippen LogP contribution in [0.2, 0.25) is 18.6 Å². The van der Waals surface area contributed by atoms with E-state index in [0.717, 1.165) is 0 Å². The molecule has 3 aliphatic heterocycles. The van der Waals surface area contributed by atoms with Gasteiger partial charge in [0, 0.05) is 29.3 Å². The summed E-state index contributed by atoms with van der Waals surface area (Å²) in [6, 6.07) is 11.8. The molecular formula is C30H39FN2O10Si. The van der Waals surface area contributed by atoms with Gasteiger partial charge in [-0.3, -0.25) is 9.59 Å². The summed E-state index contributed by atoms with van der Waals surface area (Å²) >= 11 is 0. The number of carbonyl (C=O) groups excluding carboxylic acids is 2. The first kappa shape index (κ1) is 32.4. The molecule has 0 radical (unpaired) electrons. The van der Waals surface area contributed by atoms with Gasteiger partial charge in [0.05, 0.1) is 25.4 Å². The van der Waals surface area contributed by atoms with Gasteiger partial charge in [-0.1, -0.05) is 19.1 Å². The van der Waals surface area contributed by atoms with Gasteiger partial charge < -0.3 is 54.1 Å². The Hall–Kier alpha value is -2.95. The number of rotatable bonds is 8. The summed E-state index contributed by atoms with van der Waals surface area (Å²) in [5.41, 5.74) is 0.218. The second kappa shape index (κ2) is 12.1. The van der Waals surface area contributed by atoms with E-state index >= 15 is 4.11 Å². The number of ether oxygens (including phenoxy) is 3. The number of aliphatic hydroxyl groups is 5. The maximum atomic E-state index is 15.7. The molecule has 44 heavy (non-hydrogen) atoms. The van der Waals surface area contributed by atoms with Crippen LogP contribution in [0, 0.1) is 5.92 Å². The normalized spacial score (nSPS) is 33.5. The Morgan fingerprint density at radius 2 is 1.77 bits per heavy atom. The summed E-state index contributed by atoms with van der Waals surface area (Å²) in [6.45, 7) is 4.97. The molecular weight excluding hydrogens is 595 g/mol. The summed E-state index contributed by atoms with van der Waals surface area (Å²) in [5.74, 6) is -1.16. The monoisotopic (exact) mass is 634 g/mol. The van der Waals surface area contributed by atoms with E-state index < -0.39 is 68.2 Å². The summed E-state index contributed by atoms with van der Waals surface area (Å²) in [5, 5.41) is 51.7. The van der Waals surface area contributed by atoms with Crippen molar-refractivity contribution in [1.29, 1.82) is 0 Å². The molecule has 6 N–H and O–H groups in total. The van der Waals surface area contributed by atoms with Crippen molar-refractivity contribution in [3.63, 3.8) is 0 Å². The van der Waals surface area contributed by atoms with E-state index in [9.17, 15) is 35.1 Å². The van der Waals surface area contributed by atoms with Gasteiger partial charge in [-0.25, -0.2) is 0 Å². The Kier molecular flexibility index (Phi) is 8.92. The van der Waals surface area contributed by atoms with Gasteiger partial charge in [-0.05, 0) is 55.4 Å². The number of nitrogens with one attached hydrogen (secondary N) is 1. The highest BCUT2D eigenvalue weighted by molar-refractivity contribution is 6.72. The first-order chi connectivity index (χ1) is 20.7. The van der Waals surface area contributed by atoms with Gasteiger partial charge >= 0.3 is 0 Å². The van der Waals surface area contributed by atoms with Crippen LogP contribution in [-0.4, -0.2) is 96.3 Å². The zero-order valence-corrected chi connectivity index (χ0v) is 25.9. The van der Waals surface area contributed by atoms with Crippen molar-refractivity contribution in [1.82, 2.24) is 0 Å². The molecule has 2 aromatic rings. The Labute approximate surface area is 255 Å².